The first-order valence-corrected chi connectivity index (χ1v) is 10.2. The van der Waals surface area contributed by atoms with Crippen molar-refractivity contribution in [1.29, 1.82) is 0 Å². The topological polar surface area (TPSA) is 43.4 Å². The molecular weight excluding hydrogens is 343 g/mol. The van der Waals surface area contributed by atoms with E-state index in [1.807, 2.05) is 6.07 Å². The van der Waals surface area contributed by atoms with Crippen LogP contribution in [0.15, 0.2) is 18.2 Å². The highest BCUT2D eigenvalue weighted by atomic mass is 35.5. The highest BCUT2D eigenvalue weighted by Crippen LogP contribution is 2.36. The van der Waals surface area contributed by atoms with Crippen LogP contribution in [0, 0.1) is 5.92 Å². The number of halogens is 2. The minimum absolute atomic E-state index is 0.0254. The van der Waals surface area contributed by atoms with Gasteiger partial charge in [0.25, 0.3) is 10.1 Å². The second kappa shape index (κ2) is 8.00. The molecule has 1 saturated carbocycles. The van der Waals surface area contributed by atoms with E-state index in [0.29, 0.717) is 16.0 Å². The molecule has 0 radical (unpaired) electrons. The van der Waals surface area contributed by atoms with Crippen LogP contribution in [0.2, 0.25) is 10.0 Å². The van der Waals surface area contributed by atoms with Crippen molar-refractivity contribution in [3.63, 3.8) is 0 Å². The van der Waals surface area contributed by atoms with Crippen LogP contribution in [-0.4, -0.2) is 21.3 Å². The molecule has 1 aromatic rings. The third-order valence-corrected chi connectivity index (χ3v) is 5.35. The van der Waals surface area contributed by atoms with Crippen molar-refractivity contribution in [2.75, 3.05) is 12.9 Å². The highest BCUT2D eigenvalue weighted by molar-refractivity contribution is 7.85. The summed E-state index contributed by atoms with van der Waals surface area (Å²) in [6.07, 6.45) is 8.16. The fourth-order valence-electron chi connectivity index (χ4n) is 3.15. The molecule has 22 heavy (non-hydrogen) atoms. The molecule has 1 unspecified atom stereocenters. The molecule has 0 aromatic heterocycles. The Morgan fingerprint density at radius 2 is 1.91 bits per heavy atom. The lowest BCUT2D eigenvalue weighted by atomic mass is 9.81. The van der Waals surface area contributed by atoms with Crippen molar-refractivity contribution >= 4 is 33.3 Å². The molecule has 0 bridgehead atoms. The quantitative estimate of drug-likeness (QED) is 0.665. The SMILES string of the molecule is CS(=O)(=O)OCC(CC1CCCCC1)c1ccc(Cl)cc1Cl. The Morgan fingerprint density at radius 3 is 2.50 bits per heavy atom. The molecule has 0 spiro atoms. The zero-order valence-electron chi connectivity index (χ0n) is 12.7. The number of benzene rings is 1. The van der Waals surface area contributed by atoms with Gasteiger partial charge in [0.05, 0.1) is 12.9 Å². The molecule has 0 amide bonds. The predicted octanol–water partition coefficient (Wildman–Crippen LogP) is 5.02. The van der Waals surface area contributed by atoms with Crippen LogP contribution < -0.4 is 0 Å². The molecule has 124 valence electrons. The van der Waals surface area contributed by atoms with Gasteiger partial charge in [-0.1, -0.05) is 61.4 Å². The predicted molar refractivity (Wildman–Crippen MR) is 91.2 cm³/mol. The Bertz CT molecular complexity index is 595. The van der Waals surface area contributed by atoms with E-state index < -0.39 is 10.1 Å². The van der Waals surface area contributed by atoms with Gasteiger partial charge in [-0.2, -0.15) is 8.42 Å². The average Bonchev–Trinajstić information content (AvgIpc) is 2.44. The van der Waals surface area contributed by atoms with Crippen molar-refractivity contribution < 1.29 is 12.6 Å². The van der Waals surface area contributed by atoms with Crippen LogP contribution in [0.1, 0.15) is 50.0 Å². The number of hydrogen-bond donors (Lipinski definition) is 0. The van der Waals surface area contributed by atoms with Crippen molar-refractivity contribution in [3.05, 3.63) is 33.8 Å². The molecule has 6 heteroatoms. The smallest absolute Gasteiger partial charge is 0.264 e. The van der Waals surface area contributed by atoms with Gasteiger partial charge in [-0.15, -0.1) is 0 Å². The maximum atomic E-state index is 11.3. The summed E-state index contributed by atoms with van der Waals surface area (Å²) in [7, 11) is -3.46. The Labute approximate surface area is 143 Å². The van der Waals surface area contributed by atoms with Gasteiger partial charge in [-0.25, -0.2) is 0 Å². The lowest BCUT2D eigenvalue weighted by Gasteiger charge is -2.27. The van der Waals surface area contributed by atoms with Crippen LogP contribution in [-0.2, 0) is 14.3 Å². The molecule has 1 atom stereocenters. The third-order valence-electron chi connectivity index (χ3n) is 4.23. The lowest BCUT2D eigenvalue weighted by molar-refractivity contribution is 0.247. The minimum atomic E-state index is -3.46. The van der Waals surface area contributed by atoms with Gasteiger partial charge in [-0.05, 0) is 30.0 Å². The standard InChI is InChI=1S/C16H22Cl2O3S/c1-22(19,20)21-11-13(9-12-5-3-2-4-6-12)15-8-7-14(17)10-16(15)18/h7-8,10,12-13H,2-6,9,11H2,1H3. The zero-order chi connectivity index (χ0) is 16.2. The minimum Gasteiger partial charge on any atom is -0.270 e. The molecule has 2 rings (SSSR count). The van der Waals surface area contributed by atoms with Gasteiger partial charge in [0, 0.05) is 16.0 Å². The summed E-state index contributed by atoms with van der Waals surface area (Å²) in [5, 5.41) is 1.15. The first-order chi connectivity index (χ1) is 10.3. The maximum absolute atomic E-state index is 11.3. The van der Waals surface area contributed by atoms with Crippen molar-refractivity contribution in [2.24, 2.45) is 5.92 Å². The van der Waals surface area contributed by atoms with Gasteiger partial charge < -0.3 is 0 Å². The maximum Gasteiger partial charge on any atom is 0.264 e. The average molecular weight is 365 g/mol. The van der Waals surface area contributed by atoms with E-state index >= 15 is 0 Å². The summed E-state index contributed by atoms with van der Waals surface area (Å²) < 4.78 is 27.7. The van der Waals surface area contributed by atoms with Gasteiger partial charge in [0.1, 0.15) is 0 Å². The van der Waals surface area contributed by atoms with E-state index in [-0.39, 0.29) is 12.5 Å². The molecule has 3 nitrogen and oxygen atoms in total. The third kappa shape index (κ3) is 5.73. The summed E-state index contributed by atoms with van der Waals surface area (Å²) in [5.74, 6) is 0.580. The molecule has 1 fully saturated rings. The summed E-state index contributed by atoms with van der Waals surface area (Å²) >= 11 is 12.3. The van der Waals surface area contributed by atoms with Gasteiger partial charge in [-0.3, -0.25) is 4.18 Å². The van der Waals surface area contributed by atoms with Gasteiger partial charge in [0.15, 0.2) is 0 Å². The Balaban J connectivity index is 2.15. The highest BCUT2D eigenvalue weighted by Gasteiger charge is 2.23. The molecule has 0 heterocycles. The van der Waals surface area contributed by atoms with Crippen molar-refractivity contribution in [1.82, 2.24) is 0 Å². The second-order valence-electron chi connectivity index (χ2n) is 6.09. The monoisotopic (exact) mass is 364 g/mol. The summed E-state index contributed by atoms with van der Waals surface area (Å²) in [5.41, 5.74) is 0.917. The first kappa shape index (κ1) is 18.1. The molecule has 0 saturated heterocycles. The molecule has 0 N–H and O–H groups in total. The summed E-state index contributed by atoms with van der Waals surface area (Å²) in [6.45, 7) is 0.136. The first-order valence-electron chi connectivity index (χ1n) is 7.64. The van der Waals surface area contributed by atoms with Crippen LogP contribution in [0.25, 0.3) is 0 Å². The Kier molecular flexibility index (Phi) is 6.57. The van der Waals surface area contributed by atoms with Crippen molar-refractivity contribution in [3.8, 4) is 0 Å². The molecule has 1 aliphatic rings. The summed E-state index contributed by atoms with van der Waals surface area (Å²) in [6, 6.07) is 5.37. The van der Waals surface area contributed by atoms with Crippen molar-refractivity contribution in [2.45, 2.75) is 44.4 Å². The van der Waals surface area contributed by atoms with E-state index in [0.717, 1.165) is 18.2 Å². The molecular formula is C16H22Cl2O3S. The second-order valence-corrected chi connectivity index (χ2v) is 8.58. The number of rotatable bonds is 6. The Hall–Kier alpha value is -0.290. The van der Waals surface area contributed by atoms with Crippen LogP contribution in [0.3, 0.4) is 0 Å². The van der Waals surface area contributed by atoms with E-state index in [9.17, 15) is 8.42 Å². The largest absolute Gasteiger partial charge is 0.270 e. The molecule has 1 aliphatic carbocycles. The van der Waals surface area contributed by atoms with E-state index in [1.54, 1.807) is 12.1 Å². The van der Waals surface area contributed by atoms with Gasteiger partial charge in [0.2, 0.25) is 0 Å². The summed E-state index contributed by atoms with van der Waals surface area (Å²) in [4.78, 5) is 0. The fourth-order valence-corrected chi connectivity index (χ4v) is 4.12. The van der Waals surface area contributed by atoms with Gasteiger partial charge >= 0.3 is 0 Å². The van der Waals surface area contributed by atoms with Crippen LogP contribution >= 0.6 is 23.2 Å². The lowest BCUT2D eigenvalue weighted by Crippen LogP contribution is -2.17. The van der Waals surface area contributed by atoms with Crippen LogP contribution in [0.5, 0.6) is 0 Å². The zero-order valence-corrected chi connectivity index (χ0v) is 15.1. The van der Waals surface area contributed by atoms with E-state index in [4.69, 9.17) is 27.4 Å². The van der Waals surface area contributed by atoms with E-state index in [2.05, 4.69) is 0 Å². The molecule has 0 aliphatic heterocycles. The Morgan fingerprint density at radius 1 is 1.23 bits per heavy atom. The normalized spacial score (nSPS) is 18.3. The molecule has 1 aromatic carbocycles. The van der Waals surface area contributed by atoms with Crippen LogP contribution in [0.4, 0.5) is 0 Å². The van der Waals surface area contributed by atoms with E-state index in [1.165, 1.54) is 32.1 Å². The fraction of sp³-hybridized carbons (Fsp3) is 0.625. The number of hydrogen-bond acceptors (Lipinski definition) is 3.